The molecule has 1 fully saturated rings. The highest BCUT2D eigenvalue weighted by atomic mass is 16.5. The minimum atomic E-state index is 0.0169. The average Bonchev–Trinajstić information content (AvgIpc) is 2.99. The number of rotatable bonds is 8. The van der Waals surface area contributed by atoms with Crippen LogP contribution in [0.2, 0.25) is 0 Å². The molecule has 1 aromatic rings. The Hall–Kier alpha value is -1.05. The molecule has 0 saturated carbocycles. The average molecular weight is 283 g/mol. The second kappa shape index (κ2) is 7.66. The quantitative estimate of drug-likeness (QED) is 0.733. The van der Waals surface area contributed by atoms with Gasteiger partial charge in [-0.05, 0) is 49.2 Å². The number of aliphatic hydroxyl groups is 1. The summed E-state index contributed by atoms with van der Waals surface area (Å²) >= 11 is 0. The molecule has 20 heavy (non-hydrogen) atoms. The number of likely N-dealkylation sites (tertiary alicyclic amines) is 1. The highest BCUT2D eigenvalue weighted by Crippen LogP contribution is 2.33. The van der Waals surface area contributed by atoms with Gasteiger partial charge in [0.15, 0.2) is 0 Å². The smallest absolute Gasteiger partial charge is 0.138 e. The molecule has 114 valence electrons. The molecule has 1 saturated heterocycles. The molecular formula is C13H25N5O2. The van der Waals surface area contributed by atoms with E-state index in [4.69, 9.17) is 4.74 Å². The number of ether oxygens (including phenoxy) is 1. The number of piperidine rings is 1. The number of tetrazole rings is 1. The Morgan fingerprint density at radius 3 is 3.00 bits per heavy atom. The van der Waals surface area contributed by atoms with Crippen LogP contribution in [0.1, 0.15) is 25.7 Å². The minimum absolute atomic E-state index is 0.0169. The van der Waals surface area contributed by atoms with Crippen molar-refractivity contribution in [2.75, 3.05) is 40.0 Å². The van der Waals surface area contributed by atoms with E-state index in [1.54, 1.807) is 18.1 Å². The highest BCUT2D eigenvalue weighted by Gasteiger charge is 2.34. The van der Waals surface area contributed by atoms with Gasteiger partial charge >= 0.3 is 0 Å². The third-order valence-corrected chi connectivity index (χ3v) is 4.17. The van der Waals surface area contributed by atoms with Crippen molar-refractivity contribution in [2.24, 2.45) is 5.41 Å². The predicted molar refractivity (Wildman–Crippen MR) is 74.1 cm³/mol. The molecule has 1 unspecified atom stereocenters. The second-order valence-corrected chi connectivity index (χ2v) is 5.71. The molecule has 0 amide bonds. The van der Waals surface area contributed by atoms with Crippen LogP contribution in [0.25, 0.3) is 0 Å². The molecule has 0 spiro atoms. The van der Waals surface area contributed by atoms with Crippen molar-refractivity contribution >= 4 is 0 Å². The monoisotopic (exact) mass is 283 g/mol. The summed E-state index contributed by atoms with van der Waals surface area (Å²) < 4.78 is 6.94. The number of hydrogen-bond donors (Lipinski definition) is 1. The van der Waals surface area contributed by atoms with Crippen LogP contribution in [0, 0.1) is 5.41 Å². The molecule has 1 aliphatic rings. The van der Waals surface area contributed by atoms with Crippen LogP contribution in [0.5, 0.6) is 0 Å². The molecule has 1 N–H and O–H groups in total. The van der Waals surface area contributed by atoms with Crippen molar-refractivity contribution < 1.29 is 9.84 Å². The van der Waals surface area contributed by atoms with E-state index in [0.717, 1.165) is 58.5 Å². The lowest BCUT2D eigenvalue weighted by Crippen LogP contribution is -2.46. The maximum Gasteiger partial charge on any atom is 0.138 e. The summed E-state index contributed by atoms with van der Waals surface area (Å²) in [5, 5.41) is 20.9. The summed E-state index contributed by atoms with van der Waals surface area (Å²) in [4.78, 5) is 2.44. The molecule has 1 atom stereocenters. The Morgan fingerprint density at radius 2 is 2.30 bits per heavy atom. The van der Waals surface area contributed by atoms with Crippen molar-refractivity contribution in [2.45, 2.75) is 32.2 Å². The van der Waals surface area contributed by atoms with E-state index in [2.05, 4.69) is 20.4 Å². The van der Waals surface area contributed by atoms with E-state index in [1.165, 1.54) is 0 Å². The van der Waals surface area contributed by atoms with Gasteiger partial charge in [-0.3, -0.25) is 0 Å². The van der Waals surface area contributed by atoms with E-state index in [0.29, 0.717) is 0 Å². The van der Waals surface area contributed by atoms with Crippen LogP contribution in [0.4, 0.5) is 0 Å². The first-order chi connectivity index (χ1) is 9.78. The maximum atomic E-state index is 9.75. The van der Waals surface area contributed by atoms with E-state index < -0.39 is 0 Å². The molecule has 7 nitrogen and oxygen atoms in total. The summed E-state index contributed by atoms with van der Waals surface area (Å²) in [7, 11) is 1.72. The van der Waals surface area contributed by atoms with E-state index >= 15 is 0 Å². The number of hydrogen-bond acceptors (Lipinski definition) is 6. The van der Waals surface area contributed by atoms with Crippen LogP contribution in [-0.2, 0) is 11.3 Å². The Bertz CT molecular complexity index is 373. The lowest BCUT2D eigenvalue weighted by atomic mass is 9.78. The number of aliphatic hydroxyl groups excluding tert-OH is 1. The molecular weight excluding hydrogens is 258 g/mol. The van der Waals surface area contributed by atoms with E-state index in [9.17, 15) is 5.11 Å². The Balaban J connectivity index is 1.77. The van der Waals surface area contributed by atoms with Gasteiger partial charge in [0.1, 0.15) is 6.33 Å². The van der Waals surface area contributed by atoms with Crippen molar-refractivity contribution in [1.29, 1.82) is 0 Å². The molecule has 7 heteroatoms. The second-order valence-electron chi connectivity index (χ2n) is 5.71. The van der Waals surface area contributed by atoms with Crippen molar-refractivity contribution in [3.63, 3.8) is 0 Å². The third kappa shape index (κ3) is 4.22. The van der Waals surface area contributed by atoms with Crippen LogP contribution < -0.4 is 0 Å². The normalized spacial score (nSPS) is 24.1. The summed E-state index contributed by atoms with van der Waals surface area (Å²) in [6, 6.07) is 0. The van der Waals surface area contributed by atoms with Gasteiger partial charge in [0.2, 0.25) is 0 Å². The number of methoxy groups -OCH3 is 1. The Kier molecular flexibility index (Phi) is 5.87. The molecule has 0 aliphatic carbocycles. The summed E-state index contributed by atoms with van der Waals surface area (Å²) in [5.74, 6) is 0. The molecule has 0 bridgehead atoms. The largest absolute Gasteiger partial charge is 0.396 e. The number of aromatic nitrogens is 4. The van der Waals surface area contributed by atoms with Crippen LogP contribution in [0.15, 0.2) is 6.33 Å². The molecule has 0 radical (unpaired) electrons. The third-order valence-electron chi connectivity index (χ3n) is 4.17. The first kappa shape index (κ1) is 15.3. The Labute approximate surface area is 119 Å². The van der Waals surface area contributed by atoms with Gasteiger partial charge in [-0.15, -0.1) is 5.10 Å². The molecule has 2 rings (SSSR count). The highest BCUT2D eigenvalue weighted by molar-refractivity contribution is 4.86. The first-order valence-electron chi connectivity index (χ1n) is 7.31. The minimum Gasteiger partial charge on any atom is -0.396 e. The predicted octanol–water partition coefficient (Wildman–Crippen LogP) is 0.174. The first-order valence-corrected chi connectivity index (χ1v) is 7.31. The fourth-order valence-electron chi connectivity index (χ4n) is 2.97. The fraction of sp³-hybridized carbons (Fsp3) is 0.923. The SMILES string of the molecule is COCCC1(CO)CCCN(CCCn2cnnn2)C1. The van der Waals surface area contributed by atoms with Crippen molar-refractivity contribution in [3.8, 4) is 0 Å². The number of nitrogens with zero attached hydrogens (tertiary/aromatic N) is 5. The van der Waals surface area contributed by atoms with Crippen molar-refractivity contribution in [1.82, 2.24) is 25.1 Å². The van der Waals surface area contributed by atoms with E-state index in [-0.39, 0.29) is 12.0 Å². The topological polar surface area (TPSA) is 76.3 Å². The zero-order chi connectivity index (χ0) is 14.3. The Morgan fingerprint density at radius 1 is 1.40 bits per heavy atom. The lowest BCUT2D eigenvalue weighted by molar-refractivity contribution is 0.00688. The van der Waals surface area contributed by atoms with Crippen LogP contribution in [-0.4, -0.2) is 70.2 Å². The molecule has 0 aromatic carbocycles. The van der Waals surface area contributed by atoms with Gasteiger partial charge in [0.25, 0.3) is 0 Å². The molecule has 1 aliphatic heterocycles. The summed E-state index contributed by atoms with van der Waals surface area (Å²) in [6.45, 7) is 4.91. The maximum absolute atomic E-state index is 9.75. The van der Waals surface area contributed by atoms with E-state index in [1.807, 2.05) is 0 Å². The van der Waals surface area contributed by atoms with Gasteiger partial charge in [-0.25, -0.2) is 4.68 Å². The zero-order valence-electron chi connectivity index (χ0n) is 12.2. The lowest BCUT2D eigenvalue weighted by Gasteiger charge is -2.42. The standard InChI is InChI=1S/C13H25N5O2/c1-20-9-5-13(11-19)4-2-6-17(10-13)7-3-8-18-12-14-15-16-18/h12,19H,2-11H2,1H3. The van der Waals surface area contributed by atoms with Crippen LogP contribution >= 0.6 is 0 Å². The number of aryl methyl sites for hydroxylation is 1. The fourth-order valence-corrected chi connectivity index (χ4v) is 2.97. The van der Waals surface area contributed by atoms with Crippen LogP contribution in [0.3, 0.4) is 0 Å². The van der Waals surface area contributed by atoms with Gasteiger partial charge in [0, 0.05) is 32.2 Å². The van der Waals surface area contributed by atoms with Gasteiger partial charge < -0.3 is 14.7 Å². The van der Waals surface area contributed by atoms with Gasteiger partial charge in [0.05, 0.1) is 6.61 Å². The van der Waals surface area contributed by atoms with Crippen molar-refractivity contribution in [3.05, 3.63) is 6.33 Å². The van der Waals surface area contributed by atoms with Gasteiger partial charge in [-0.2, -0.15) is 0 Å². The molecule has 1 aromatic heterocycles. The van der Waals surface area contributed by atoms with Gasteiger partial charge in [-0.1, -0.05) is 0 Å². The zero-order valence-corrected chi connectivity index (χ0v) is 12.2. The summed E-state index contributed by atoms with van der Waals surface area (Å²) in [6.07, 6.45) is 5.85. The molecule has 2 heterocycles. The summed E-state index contributed by atoms with van der Waals surface area (Å²) in [5.41, 5.74) is 0.0169.